The van der Waals surface area contributed by atoms with E-state index in [0.717, 1.165) is 17.3 Å². The van der Waals surface area contributed by atoms with E-state index < -0.39 is 17.4 Å². The van der Waals surface area contributed by atoms with E-state index in [4.69, 9.17) is 10.5 Å². The molecule has 0 bridgehead atoms. The van der Waals surface area contributed by atoms with Crippen LogP contribution in [-0.4, -0.2) is 22.9 Å². The van der Waals surface area contributed by atoms with Gasteiger partial charge < -0.3 is 10.5 Å². The number of hydrogen-bond acceptors (Lipinski definition) is 5. The smallest absolute Gasteiger partial charge is 0.324 e. The van der Waals surface area contributed by atoms with Crippen molar-refractivity contribution < 1.29 is 14.3 Å². The molecule has 1 rings (SSSR count). The summed E-state index contributed by atoms with van der Waals surface area (Å²) in [6.07, 6.45) is 0. The van der Waals surface area contributed by atoms with Crippen LogP contribution in [0.2, 0.25) is 0 Å². The van der Waals surface area contributed by atoms with Crippen molar-refractivity contribution in [2.24, 2.45) is 11.1 Å². The van der Waals surface area contributed by atoms with E-state index in [2.05, 4.69) is 0 Å². The average molecular weight is 295 g/mol. The topological polar surface area (TPSA) is 69.4 Å². The Labute approximate surface area is 124 Å². The summed E-state index contributed by atoms with van der Waals surface area (Å²) in [7, 11) is 0. The molecule has 4 nitrogen and oxygen atoms in total. The van der Waals surface area contributed by atoms with Gasteiger partial charge in [0, 0.05) is 11.2 Å². The molecule has 1 atom stereocenters. The van der Waals surface area contributed by atoms with Gasteiger partial charge in [0.2, 0.25) is 0 Å². The quantitative estimate of drug-likeness (QED) is 0.845. The molecule has 0 heterocycles. The number of nitrogens with two attached hydrogens (primary N) is 1. The summed E-state index contributed by atoms with van der Waals surface area (Å²) in [4.78, 5) is 23.4. The van der Waals surface area contributed by atoms with Crippen LogP contribution in [0.3, 0.4) is 0 Å². The largest absolute Gasteiger partial charge is 0.460 e. The van der Waals surface area contributed by atoms with Crippen molar-refractivity contribution in [1.82, 2.24) is 0 Å². The molecule has 1 aromatic carbocycles. The Balaban J connectivity index is 2.35. The van der Waals surface area contributed by atoms with E-state index in [0.29, 0.717) is 0 Å². The molecular weight excluding hydrogens is 274 g/mol. The average Bonchev–Trinajstić information content (AvgIpc) is 2.41. The Morgan fingerprint density at radius 3 is 2.40 bits per heavy atom. The predicted molar refractivity (Wildman–Crippen MR) is 81.1 cm³/mol. The maximum absolute atomic E-state index is 11.7. The number of rotatable bonds is 5. The number of esters is 1. The van der Waals surface area contributed by atoms with Gasteiger partial charge in [-0.1, -0.05) is 62.9 Å². The number of hydrogen-bond donors (Lipinski definition) is 1. The molecule has 110 valence electrons. The van der Waals surface area contributed by atoms with Crippen LogP contribution in [0.4, 0.5) is 0 Å². The first-order chi connectivity index (χ1) is 9.30. The highest BCUT2D eigenvalue weighted by Crippen LogP contribution is 2.23. The number of thioether (sulfide) groups is 1. The minimum absolute atomic E-state index is 0.0174. The minimum atomic E-state index is -0.782. The summed E-state index contributed by atoms with van der Waals surface area (Å²) < 4.78 is 5.12. The molecule has 1 aromatic rings. The lowest BCUT2D eigenvalue weighted by Gasteiger charge is -2.17. The van der Waals surface area contributed by atoms with E-state index in [-0.39, 0.29) is 17.5 Å². The van der Waals surface area contributed by atoms with Gasteiger partial charge in [0.1, 0.15) is 12.6 Å². The van der Waals surface area contributed by atoms with Crippen LogP contribution < -0.4 is 5.73 Å². The zero-order valence-corrected chi connectivity index (χ0v) is 12.9. The third-order valence-electron chi connectivity index (χ3n) is 2.53. The summed E-state index contributed by atoms with van der Waals surface area (Å²) in [6, 6.07) is 8.61. The third-order valence-corrected chi connectivity index (χ3v) is 3.93. The Morgan fingerprint density at radius 1 is 1.25 bits per heavy atom. The fourth-order valence-electron chi connectivity index (χ4n) is 1.29. The summed E-state index contributed by atoms with van der Waals surface area (Å²) in [5.74, 6) is -0.243. The Kier molecular flexibility index (Phi) is 6.23. The molecule has 0 saturated heterocycles. The molecule has 1 unspecified atom stereocenters. The van der Waals surface area contributed by atoms with Gasteiger partial charge in [-0.05, 0) is 5.56 Å². The van der Waals surface area contributed by atoms with Crippen molar-refractivity contribution in [2.75, 3.05) is 5.75 Å². The Bertz CT molecular complexity index is 454. The van der Waals surface area contributed by atoms with E-state index in [9.17, 15) is 9.59 Å². The first-order valence-electron chi connectivity index (χ1n) is 6.44. The second-order valence-corrected chi connectivity index (χ2v) is 6.54. The second-order valence-electron chi connectivity index (χ2n) is 5.55. The molecule has 2 N–H and O–H groups in total. The Morgan fingerprint density at radius 2 is 1.85 bits per heavy atom. The highest BCUT2D eigenvalue weighted by Gasteiger charge is 2.24. The maximum atomic E-state index is 11.7. The Hall–Kier alpha value is -1.33. The molecule has 0 radical (unpaired) electrons. The molecule has 0 spiro atoms. The van der Waals surface area contributed by atoms with Gasteiger partial charge >= 0.3 is 5.97 Å². The maximum Gasteiger partial charge on any atom is 0.324 e. The predicted octanol–water partition coefficient (Wildman–Crippen LogP) is 2.36. The van der Waals surface area contributed by atoms with E-state index in [1.54, 1.807) is 0 Å². The normalized spacial score (nSPS) is 12.8. The van der Waals surface area contributed by atoms with Gasteiger partial charge in [-0.15, -0.1) is 0 Å². The molecule has 0 aromatic heterocycles. The van der Waals surface area contributed by atoms with Gasteiger partial charge in [0.05, 0.1) is 0 Å². The molecule has 0 aliphatic heterocycles. The molecule has 0 fully saturated rings. The standard InChI is InChI=1S/C15H21NO3S/c1-15(2,3)14(18)20-10-12(16)13(17)19-9-11-7-5-4-6-8-11/h4-8,12H,9-10,16H2,1-3H3. The molecule has 0 amide bonds. The molecule has 0 aliphatic carbocycles. The summed E-state index contributed by atoms with van der Waals surface area (Å²) in [5.41, 5.74) is 6.20. The van der Waals surface area contributed by atoms with Gasteiger partial charge in [0.25, 0.3) is 0 Å². The monoisotopic (exact) mass is 295 g/mol. The van der Waals surface area contributed by atoms with E-state index in [1.165, 1.54) is 0 Å². The van der Waals surface area contributed by atoms with Crippen molar-refractivity contribution >= 4 is 22.8 Å². The second kappa shape index (κ2) is 7.45. The van der Waals surface area contributed by atoms with Crippen molar-refractivity contribution in [2.45, 2.75) is 33.4 Å². The lowest BCUT2D eigenvalue weighted by Crippen LogP contribution is -2.35. The van der Waals surface area contributed by atoms with Crippen molar-refractivity contribution in [3.05, 3.63) is 35.9 Å². The zero-order chi connectivity index (χ0) is 15.2. The highest BCUT2D eigenvalue weighted by atomic mass is 32.2. The summed E-state index contributed by atoms with van der Waals surface area (Å²) in [5, 5.41) is 0.0174. The minimum Gasteiger partial charge on any atom is -0.460 e. The van der Waals surface area contributed by atoms with Crippen LogP contribution in [0.15, 0.2) is 30.3 Å². The highest BCUT2D eigenvalue weighted by molar-refractivity contribution is 8.13. The molecule has 0 saturated carbocycles. The van der Waals surface area contributed by atoms with Crippen LogP contribution >= 0.6 is 11.8 Å². The van der Waals surface area contributed by atoms with Crippen LogP contribution in [0, 0.1) is 5.41 Å². The van der Waals surface area contributed by atoms with Crippen molar-refractivity contribution in [3.8, 4) is 0 Å². The van der Waals surface area contributed by atoms with E-state index >= 15 is 0 Å². The van der Waals surface area contributed by atoms with Gasteiger partial charge in [0.15, 0.2) is 5.12 Å². The number of carbonyl (C=O) groups is 2. The third kappa shape index (κ3) is 5.75. The van der Waals surface area contributed by atoms with Crippen LogP contribution in [-0.2, 0) is 20.9 Å². The summed E-state index contributed by atoms with van der Waals surface area (Å²) in [6.45, 7) is 5.70. The fraction of sp³-hybridized carbons (Fsp3) is 0.467. The SMILES string of the molecule is CC(C)(C)C(=O)SCC(N)C(=O)OCc1ccccc1. The lowest BCUT2D eigenvalue weighted by molar-refractivity contribution is -0.145. The van der Waals surface area contributed by atoms with Gasteiger partial charge in [-0.25, -0.2) is 0 Å². The lowest BCUT2D eigenvalue weighted by atomic mass is 10.00. The van der Waals surface area contributed by atoms with Crippen molar-refractivity contribution in [1.29, 1.82) is 0 Å². The number of carbonyl (C=O) groups excluding carboxylic acids is 2. The van der Waals surface area contributed by atoms with E-state index in [1.807, 2.05) is 51.1 Å². The number of ether oxygens (including phenoxy) is 1. The molecule has 20 heavy (non-hydrogen) atoms. The molecular formula is C15H21NO3S. The van der Waals surface area contributed by atoms with Gasteiger partial charge in [-0.3, -0.25) is 9.59 Å². The number of benzene rings is 1. The van der Waals surface area contributed by atoms with Crippen molar-refractivity contribution in [3.63, 3.8) is 0 Å². The fourth-order valence-corrected chi connectivity index (χ4v) is 2.19. The zero-order valence-electron chi connectivity index (χ0n) is 12.1. The molecule has 5 heteroatoms. The van der Waals surface area contributed by atoms with Crippen LogP contribution in [0.1, 0.15) is 26.3 Å². The first-order valence-corrected chi connectivity index (χ1v) is 7.42. The van der Waals surface area contributed by atoms with Crippen LogP contribution in [0.5, 0.6) is 0 Å². The first kappa shape index (κ1) is 16.7. The van der Waals surface area contributed by atoms with Gasteiger partial charge in [-0.2, -0.15) is 0 Å². The molecule has 0 aliphatic rings. The summed E-state index contributed by atoms with van der Waals surface area (Å²) >= 11 is 1.08. The van der Waals surface area contributed by atoms with Crippen LogP contribution in [0.25, 0.3) is 0 Å².